The van der Waals surface area contributed by atoms with E-state index in [1.807, 2.05) is 13.8 Å². The molecule has 0 bridgehead atoms. The summed E-state index contributed by atoms with van der Waals surface area (Å²) in [5.74, 6) is -0.491. The Hall–Kier alpha value is -1.02. The molecule has 0 aliphatic rings. The maximum Gasteiger partial charge on any atom is 0.240 e. The predicted molar refractivity (Wildman–Crippen MR) is 77.3 cm³/mol. The molecule has 5 nitrogen and oxygen atoms in total. The maximum absolute atomic E-state index is 13.3. The zero-order chi connectivity index (χ0) is 15.2. The molecule has 0 heterocycles. The van der Waals surface area contributed by atoms with E-state index >= 15 is 0 Å². The lowest BCUT2D eigenvalue weighted by molar-refractivity contribution is 0.309. The number of likely N-dealkylation sites (N-methyl/N-ethyl adjacent to an activating group) is 1. The Bertz CT molecular complexity index is 530. The van der Waals surface area contributed by atoms with Crippen molar-refractivity contribution in [3.8, 4) is 0 Å². The Morgan fingerprint density at radius 3 is 2.50 bits per heavy atom. The van der Waals surface area contributed by atoms with Gasteiger partial charge in [-0.25, -0.2) is 17.5 Å². The normalized spacial score (nSPS) is 12.1. The molecule has 0 spiro atoms. The first-order chi connectivity index (χ1) is 9.44. The third kappa shape index (κ3) is 4.52. The van der Waals surface area contributed by atoms with Gasteiger partial charge in [-0.2, -0.15) is 0 Å². The van der Waals surface area contributed by atoms with Crippen LogP contribution in [0.5, 0.6) is 0 Å². The minimum Gasteiger partial charge on any atom is -0.326 e. The van der Waals surface area contributed by atoms with Gasteiger partial charge < -0.3 is 10.6 Å². The molecular formula is C13H22FN3O2S. The van der Waals surface area contributed by atoms with Crippen LogP contribution in [-0.2, 0) is 16.6 Å². The zero-order valence-corrected chi connectivity index (χ0v) is 12.7. The molecule has 1 aromatic carbocycles. The summed E-state index contributed by atoms with van der Waals surface area (Å²) in [5.41, 5.74) is 5.57. The molecule has 0 amide bonds. The van der Waals surface area contributed by atoms with Crippen LogP contribution in [0.4, 0.5) is 4.39 Å². The fourth-order valence-electron chi connectivity index (χ4n) is 1.84. The van der Waals surface area contributed by atoms with Crippen molar-refractivity contribution in [2.45, 2.75) is 25.3 Å². The highest BCUT2D eigenvalue weighted by Crippen LogP contribution is 2.14. The minimum atomic E-state index is -3.62. The molecule has 0 saturated carbocycles. The second-order valence-electron chi connectivity index (χ2n) is 4.38. The lowest BCUT2D eigenvalue weighted by atomic mass is 10.2. The number of rotatable bonds is 8. The Morgan fingerprint density at radius 2 is 1.95 bits per heavy atom. The third-order valence-electron chi connectivity index (χ3n) is 3.16. The number of nitrogens with one attached hydrogen (secondary N) is 1. The van der Waals surface area contributed by atoms with Crippen molar-refractivity contribution in [1.29, 1.82) is 0 Å². The molecule has 0 unspecified atom stereocenters. The van der Waals surface area contributed by atoms with Gasteiger partial charge in [0.05, 0.1) is 4.90 Å². The summed E-state index contributed by atoms with van der Waals surface area (Å²) in [7, 11) is -3.62. The highest BCUT2D eigenvalue weighted by atomic mass is 32.2. The van der Waals surface area contributed by atoms with Gasteiger partial charge in [-0.1, -0.05) is 13.8 Å². The van der Waals surface area contributed by atoms with E-state index < -0.39 is 15.8 Å². The molecule has 0 aromatic heterocycles. The standard InChI is InChI=1S/C13H22FN3O2S/c1-3-17(4-2)8-7-16-20(18,19)12-5-6-13(14)11(9-12)10-15/h5-6,9,16H,3-4,7-8,10,15H2,1-2H3. The van der Waals surface area contributed by atoms with Gasteiger partial charge in [0, 0.05) is 25.2 Å². The van der Waals surface area contributed by atoms with Crippen LogP contribution >= 0.6 is 0 Å². The van der Waals surface area contributed by atoms with Gasteiger partial charge in [-0.3, -0.25) is 0 Å². The van der Waals surface area contributed by atoms with Crippen LogP contribution in [0.15, 0.2) is 23.1 Å². The van der Waals surface area contributed by atoms with Crippen molar-refractivity contribution in [2.75, 3.05) is 26.2 Å². The molecule has 0 aliphatic heterocycles. The van der Waals surface area contributed by atoms with Crippen molar-refractivity contribution in [3.05, 3.63) is 29.6 Å². The third-order valence-corrected chi connectivity index (χ3v) is 4.62. The van der Waals surface area contributed by atoms with Gasteiger partial charge in [-0.15, -0.1) is 0 Å². The van der Waals surface area contributed by atoms with E-state index in [2.05, 4.69) is 9.62 Å². The zero-order valence-electron chi connectivity index (χ0n) is 11.9. The quantitative estimate of drug-likeness (QED) is 0.748. The minimum absolute atomic E-state index is 0.0331. The molecule has 0 fully saturated rings. The highest BCUT2D eigenvalue weighted by molar-refractivity contribution is 7.89. The van der Waals surface area contributed by atoms with Crippen LogP contribution in [0.25, 0.3) is 0 Å². The molecule has 114 valence electrons. The summed E-state index contributed by atoms with van der Waals surface area (Å²) in [6.45, 7) is 6.69. The van der Waals surface area contributed by atoms with E-state index in [-0.39, 0.29) is 17.0 Å². The molecule has 0 saturated heterocycles. The lowest BCUT2D eigenvalue weighted by Gasteiger charge is -2.18. The second-order valence-corrected chi connectivity index (χ2v) is 6.15. The summed E-state index contributed by atoms with van der Waals surface area (Å²) >= 11 is 0. The molecule has 7 heteroatoms. The Balaban J connectivity index is 2.74. The summed E-state index contributed by atoms with van der Waals surface area (Å²) in [5, 5.41) is 0. The molecule has 3 N–H and O–H groups in total. The summed E-state index contributed by atoms with van der Waals surface area (Å²) in [6, 6.07) is 3.64. The van der Waals surface area contributed by atoms with Gasteiger partial charge in [0.25, 0.3) is 0 Å². The van der Waals surface area contributed by atoms with Crippen molar-refractivity contribution in [2.24, 2.45) is 5.73 Å². The number of sulfonamides is 1. The summed E-state index contributed by atoms with van der Waals surface area (Å²) in [4.78, 5) is 2.15. The molecule has 0 aliphatic carbocycles. The largest absolute Gasteiger partial charge is 0.326 e. The molecule has 1 rings (SSSR count). The van der Waals surface area contributed by atoms with E-state index in [1.54, 1.807) is 0 Å². The van der Waals surface area contributed by atoms with Gasteiger partial charge >= 0.3 is 0 Å². The van der Waals surface area contributed by atoms with Crippen molar-refractivity contribution in [3.63, 3.8) is 0 Å². The number of hydrogen-bond acceptors (Lipinski definition) is 4. The Labute approximate surface area is 120 Å². The number of nitrogens with two attached hydrogens (primary N) is 1. The van der Waals surface area contributed by atoms with Gasteiger partial charge in [0.1, 0.15) is 5.82 Å². The van der Waals surface area contributed by atoms with E-state index in [9.17, 15) is 12.8 Å². The molecule has 1 aromatic rings. The summed E-state index contributed by atoms with van der Waals surface area (Å²) in [6.07, 6.45) is 0. The molecular weight excluding hydrogens is 281 g/mol. The molecule has 0 radical (unpaired) electrons. The Kier molecular flexibility index (Phi) is 6.54. The average molecular weight is 303 g/mol. The maximum atomic E-state index is 13.3. The molecule has 0 atom stereocenters. The fourth-order valence-corrected chi connectivity index (χ4v) is 2.91. The fraction of sp³-hybridized carbons (Fsp3) is 0.538. The van der Waals surface area contributed by atoms with Crippen LogP contribution in [0.3, 0.4) is 0 Å². The van der Waals surface area contributed by atoms with E-state index in [1.165, 1.54) is 12.1 Å². The number of halogens is 1. The Morgan fingerprint density at radius 1 is 1.30 bits per heavy atom. The van der Waals surface area contributed by atoms with Crippen LogP contribution in [-0.4, -0.2) is 39.5 Å². The number of hydrogen-bond donors (Lipinski definition) is 2. The van der Waals surface area contributed by atoms with Crippen molar-refractivity contribution < 1.29 is 12.8 Å². The first-order valence-electron chi connectivity index (χ1n) is 6.65. The highest BCUT2D eigenvalue weighted by Gasteiger charge is 2.15. The summed E-state index contributed by atoms with van der Waals surface area (Å²) < 4.78 is 40.0. The van der Waals surface area contributed by atoms with Crippen molar-refractivity contribution >= 4 is 10.0 Å². The van der Waals surface area contributed by atoms with E-state index in [0.29, 0.717) is 13.1 Å². The monoisotopic (exact) mass is 303 g/mol. The smallest absolute Gasteiger partial charge is 0.240 e. The van der Waals surface area contributed by atoms with Crippen LogP contribution < -0.4 is 10.5 Å². The second kappa shape index (κ2) is 7.68. The molecule has 20 heavy (non-hydrogen) atoms. The van der Waals surface area contributed by atoms with Gasteiger partial charge in [0.15, 0.2) is 0 Å². The van der Waals surface area contributed by atoms with Crippen LogP contribution in [0.1, 0.15) is 19.4 Å². The average Bonchev–Trinajstić information content (AvgIpc) is 2.44. The van der Waals surface area contributed by atoms with Crippen LogP contribution in [0.2, 0.25) is 0 Å². The SMILES string of the molecule is CCN(CC)CCNS(=O)(=O)c1ccc(F)c(CN)c1. The van der Waals surface area contributed by atoms with Gasteiger partial charge in [0.2, 0.25) is 10.0 Å². The number of nitrogens with zero attached hydrogens (tertiary/aromatic N) is 1. The first kappa shape index (κ1) is 17.0. The predicted octanol–water partition coefficient (Wildman–Crippen LogP) is 0.905. The topological polar surface area (TPSA) is 75.4 Å². The van der Waals surface area contributed by atoms with Crippen molar-refractivity contribution in [1.82, 2.24) is 9.62 Å². The van der Waals surface area contributed by atoms with E-state index in [4.69, 9.17) is 5.73 Å². The number of benzene rings is 1. The van der Waals surface area contributed by atoms with Crippen LogP contribution in [0, 0.1) is 5.82 Å². The first-order valence-corrected chi connectivity index (χ1v) is 8.13. The van der Waals surface area contributed by atoms with Gasteiger partial charge in [-0.05, 0) is 31.3 Å². The lowest BCUT2D eigenvalue weighted by Crippen LogP contribution is -2.34. The van der Waals surface area contributed by atoms with E-state index in [0.717, 1.165) is 19.2 Å².